The van der Waals surface area contributed by atoms with Gasteiger partial charge in [0.2, 0.25) is 0 Å². The Kier molecular flexibility index (Phi) is 4.96. The van der Waals surface area contributed by atoms with E-state index >= 15 is 0 Å². The van der Waals surface area contributed by atoms with Crippen molar-refractivity contribution >= 4 is 13.8 Å². The van der Waals surface area contributed by atoms with Gasteiger partial charge in [-0.1, -0.05) is 12.2 Å². The Hall–Kier alpha value is -0.720. The first-order valence-electron chi connectivity index (χ1n) is 3.55. The van der Waals surface area contributed by atoms with E-state index in [0.29, 0.717) is 5.57 Å². The molecule has 82 valence electrons. The largest absolute Gasteiger partial charge is 0.470 e. The molecule has 0 aromatic rings. The molecular formula is C6H12NO6P. The van der Waals surface area contributed by atoms with E-state index in [0.717, 1.165) is 0 Å². The molecule has 0 saturated carbocycles. The SMILES string of the molecule is C=C(C)C(CC(=O)ON)OP(=O)(O)O. The zero-order valence-corrected chi connectivity index (χ0v) is 8.44. The summed E-state index contributed by atoms with van der Waals surface area (Å²) in [6.07, 6.45) is -1.50. The molecule has 14 heavy (non-hydrogen) atoms. The molecule has 0 aromatic heterocycles. The second-order valence-electron chi connectivity index (χ2n) is 2.62. The van der Waals surface area contributed by atoms with Gasteiger partial charge in [-0.05, 0) is 6.92 Å². The van der Waals surface area contributed by atoms with Gasteiger partial charge in [0, 0.05) is 0 Å². The Balaban J connectivity index is 4.39. The Morgan fingerprint density at radius 1 is 1.64 bits per heavy atom. The number of phosphoric ester groups is 1. The first-order valence-corrected chi connectivity index (χ1v) is 5.08. The van der Waals surface area contributed by atoms with Crippen LogP contribution in [-0.4, -0.2) is 21.9 Å². The quantitative estimate of drug-likeness (QED) is 0.338. The number of carbonyl (C=O) groups excluding carboxylic acids is 1. The average molecular weight is 225 g/mol. The summed E-state index contributed by atoms with van der Waals surface area (Å²) in [6.45, 7) is 4.87. The molecule has 0 amide bonds. The van der Waals surface area contributed by atoms with Gasteiger partial charge in [-0.3, -0.25) is 9.32 Å². The highest BCUT2D eigenvalue weighted by molar-refractivity contribution is 7.46. The van der Waals surface area contributed by atoms with Gasteiger partial charge in [-0.25, -0.2) is 4.57 Å². The van der Waals surface area contributed by atoms with Gasteiger partial charge in [-0.15, -0.1) is 0 Å². The zero-order chi connectivity index (χ0) is 11.4. The molecular weight excluding hydrogens is 213 g/mol. The first kappa shape index (κ1) is 13.3. The average Bonchev–Trinajstić information content (AvgIpc) is 2.00. The van der Waals surface area contributed by atoms with Crippen LogP contribution in [0.15, 0.2) is 12.2 Å². The van der Waals surface area contributed by atoms with E-state index < -0.39 is 26.3 Å². The number of hydrogen-bond acceptors (Lipinski definition) is 5. The Labute approximate surface area is 80.7 Å². The third-order valence-corrected chi connectivity index (χ3v) is 1.83. The number of nitrogens with two attached hydrogens (primary N) is 1. The molecule has 0 fully saturated rings. The molecule has 0 aliphatic heterocycles. The molecule has 0 saturated heterocycles. The molecule has 0 aromatic carbocycles. The van der Waals surface area contributed by atoms with Gasteiger partial charge in [0.1, 0.15) is 6.10 Å². The Bertz CT molecular complexity index is 271. The topological polar surface area (TPSA) is 119 Å². The lowest BCUT2D eigenvalue weighted by Gasteiger charge is -2.16. The maximum absolute atomic E-state index is 10.7. The van der Waals surface area contributed by atoms with Crippen LogP contribution in [0.25, 0.3) is 0 Å². The summed E-state index contributed by atoms with van der Waals surface area (Å²) in [6, 6.07) is 0. The van der Waals surface area contributed by atoms with Crippen molar-refractivity contribution in [3.8, 4) is 0 Å². The van der Waals surface area contributed by atoms with E-state index in [4.69, 9.17) is 9.79 Å². The fourth-order valence-corrected chi connectivity index (χ4v) is 1.25. The number of rotatable bonds is 5. The molecule has 0 bridgehead atoms. The van der Waals surface area contributed by atoms with Crippen molar-refractivity contribution in [3.05, 3.63) is 12.2 Å². The van der Waals surface area contributed by atoms with E-state index in [2.05, 4.69) is 21.8 Å². The minimum Gasteiger partial charge on any atom is -0.373 e. The molecule has 0 radical (unpaired) electrons. The van der Waals surface area contributed by atoms with Gasteiger partial charge in [-0.2, -0.15) is 5.90 Å². The van der Waals surface area contributed by atoms with Crippen LogP contribution in [-0.2, 0) is 18.7 Å². The molecule has 0 heterocycles. The van der Waals surface area contributed by atoms with Gasteiger partial charge in [0.25, 0.3) is 0 Å². The van der Waals surface area contributed by atoms with Crippen LogP contribution in [0, 0.1) is 0 Å². The van der Waals surface area contributed by atoms with Crippen molar-refractivity contribution in [2.24, 2.45) is 5.90 Å². The predicted octanol–water partition coefficient (Wildman–Crippen LogP) is -0.153. The van der Waals surface area contributed by atoms with Crippen LogP contribution >= 0.6 is 7.82 Å². The lowest BCUT2D eigenvalue weighted by atomic mass is 10.1. The van der Waals surface area contributed by atoms with E-state index in [1.54, 1.807) is 0 Å². The molecule has 0 spiro atoms. The third-order valence-electron chi connectivity index (χ3n) is 1.30. The first-order chi connectivity index (χ1) is 6.26. The molecule has 1 atom stereocenters. The monoisotopic (exact) mass is 225 g/mol. The van der Waals surface area contributed by atoms with E-state index in [1.807, 2.05) is 0 Å². The Morgan fingerprint density at radius 2 is 2.14 bits per heavy atom. The van der Waals surface area contributed by atoms with Crippen LogP contribution < -0.4 is 5.90 Å². The van der Waals surface area contributed by atoms with Crippen LogP contribution in [0.1, 0.15) is 13.3 Å². The predicted molar refractivity (Wildman–Crippen MR) is 46.6 cm³/mol. The summed E-state index contributed by atoms with van der Waals surface area (Å²) in [5.74, 6) is 3.71. The van der Waals surface area contributed by atoms with Gasteiger partial charge < -0.3 is 14.6 Å². The molecule has 0 rings (SSSR count). The van der Waals surface area contributed by atoms with Crippen LogP contribution in [0.2, 0.25) is 0 Å². The minimum atomic E-state index is -4.65. The molecule has 8 heteroatoms. The van der Waals surface area contributed by atoms with Crippen molar-refractivity contribution in [2.45, 2.75) is 19.4 Å². The second kappa shape index (κ2) is 5.23. The second-order valence-corrected chi connectivity index (χ2v) is 3.82. The number of phosphoric acid groups is 1. The summed E-state index contributed by atoms with van der Waals surface area (Å²) in [5.41, 5.74) is 0.290. The summed E-state index contributed by atoms with van der Waals surface area (Å²) in [7, 11) is -4.65. The lowest BCUT2D eigenvalue weighted by Crippen LogP contribution is -2.21. The third kappa shape index (κ3) is 5.85. The normalized spacial score (nSPS) is 13.4. The standard InChI is InChI=1S/C6H12NO6P/c1-4(2)5(3-6(8)12-7)13-14(9,10)11/h5H,1,3,7H2,2H3,(H2,9,10,11). The molecule has 0 aliphatic carbocycles. The van der Waals surface area contributed by atoms with Gasteiger partial charge >= 0.3 is 13.8 Å². The summed E-state index contributed by atoms with van der Waals surface area (Å²) in [4.78, 5) is 31.5. The maximum Gasteiger partial charge on any atom is 0.470 e. The van der Waals surface area contributed by atoms with Crippen LogP contribution in [0.5, 0.6) is 0 Å². The lowest BCUT2D eigenvalue weighted by molar-refractivity contribution is -0.145. The van der Waals surface area contributed by atoms with Crippen molar-refractivity contribution in [2.75, 3.05) is 0 Å². The van der Waals surface area contributed by atoms with Gasteiger partial charge in [0.15, 0.2) is 0 Å². The number of hydrogen-bond donors (Lipinski definition) is 3. The van der Waals surface area contributed by atoms with Crippen molar-refractivity contribution in [3.63, 3.8) is 0 Å². The molecule has 1 unspecified atom stereocenters. The Morgan fingerprint density at radius 3 is 2.43 bits per heavy atom. The van der Waals surface area contributed by atoms with E-state index in [-0.39, 0.29) is 0 Å². The summed E-state index contributed by atoms with van der Waals surface area (Å²) in [5, 5.41) is 0. The van der Waals surface area contributed by atoms with Crippen molar-refractivity contribution in [1.82, 2.24) is 0 Å². The van der Waals surface area contributed by atoms with E-state index in [1.165, 1.54) is 6.92 Å². The zero-order valence-electron chi connectivity index (χ0n) is 7.54. The highest BCUT2D eigenvalue weighted by Gasteiger charge is 2.25. The van der Waals surface area contributed by atoms with E-state index in [9.17, 15) is 9.36 Å². The minimum absolute atomic E-state index is 0.290. The smallest absolute Gasteiger partial charge is 0.373 e. The van der Waals surface area contributed by atoms with Crippen molar-refractivity contribution < 1.29 is 28.5 Å². The summed E-state index contributed by atoms with van der Waals surface area (Å²) >= 11 is 0. The van der Waals surface area contributed by atoms with Crippen LogP contribution in [0.3, 0.4) is 0 Å². The fourth-order valence-electron chi connectivity index (χ4n) is 0.667. The highest BCUT2D eigenvalue weighted by atomic mass is 31.2. The van der Waals surface area contributed by atoms with Crippen LogP contribution in [0.4, 0.5) is 0 Å². The van der Waals surface area contributed by atoms with Gasteiger partial charge in [0.05, 0.1) is 6.42 Å². The maximum atomic E-state index is 10.7. The molecule has 0 aliphatic rings. The molecule has 7 nitrogen and oxygen atoms in total. The highest BCUT2D eigenvalue weighted by Crippen LogP contribution is 2.39. The summed E-state index contributed by atoms with van der Waals surface area (Å²) < 4.78 is 14.7. The van der Waals surface area contributed by atoms with Crippen molar-refractivity contribution in [1.29, 1.82) is 0 Å². The fraction of sp³-hybridized carbons (Fsp3) is 0.500. The number of carbonyl (C=O) groups is 1. The molecule has 4 N–H and O–H groups in total.